The number of morpholine rings is 1. The first-order chi connectivity index (χ1) is 12.8. The van der Waals surface area contributed by atoms with Gasteiger partial charge in [-0.2, -0.15) is 4.31 Å². The highest BCUT2D eigenvalue weighted by Crippen LogP contribution is 2.25. The monoisotopic (exact) mass is 399 g/mol. The Labute approximate surface area is 161 Å². The fourth-order valence-corrected chi connectivity index (χ4v) is 4.25. The Bertz CT molecular complexity index is 756. The van der Waals surface area contributed by atoms with Crippen molar-refractivity contribution in [3.8, 4) is 5.75 Å². The second kappa shape index (κ2) is 9.01. The van der Waals surface area contributed by atoms with Crippen LogP contribution in [-0.2, 0) is 14.8 Å². The molecule has 0 aliphatic carbocycles. The molecule has 0 saturated carbocycles. The Morgan fingerprint density at radius 2 is 1.93 bits per heavy atom. The van der Waals surface area contributed by atoms with Gasteiger partial charge in [0, 0.05) is 25.2 Å². The van der Waals surface area contributed by atoms with Crippen molar-refractivity contribution in [1.29, 1.82) is 0 Å². The minimum atomic E-state index is -3.70. The predicted octanol–water partition coefficient (Wildman–Crippen LogP) is 0.963. The predicted molar refractivity (Wildman–Crippen MR) is 102 cm³/mol. The van der Waals surface area contributed by atoms with E-state index in [-0.39, 0.29) is 10.5 Å². The van der Waals surface area contributed by atoms with Gasteiger partial charge in [0.25, 0.3) is 5.91 Å². The Balaban J connectivity index is 2.28. The van der Waals surface area contributed by atoms with Crippen molar-refractivity contribution in [2.75, 3.05) is 40.0 Å². The van der Waals surface area contributed by atoms with Crippen molar-refractivity contribution in [2.24, 2.45) is 5.73 Å². The molecular weight excluding hydrogens is 370 g/mol. The average molecular weight is 400 g/mol. The first kappa shape index (κ1) is 21.6. The van der Waals surface area contributed by atoms with Crippen LogP contribution in [0.4, 0.5) is 0 Å². The molecule has 0 unspecified atom stereocenters. The molecule has 8 nitrogen and oxygen atoms in total. The van der Waals surface area contributed by atoms with Crippen LogP contribution < -0.4 is 15.8 Å². The Morgan fingerprint density at radius 1 is 1.30 bits per heavy atom. The molecule has 1 heterocycles. The summed E-state index contributed by atoms with van der Waals surface area (Å²) in [5.41, 5.74) is 5.90. The standard InChI is InChI=1S/C18H29N3O5S/c1-4-18(19,5-2)13-20-17(22)15-12-14(6-7-16(15)25-3)27(23,24)21-8-10-26-11-9-21/h6-7,12H,4-5,8-11,13,19H2,1-3H3,(H,20,22). The molecule has 2 rings (SSSR count). The summed E-state index contributed by atoms with van der Waals surface area (Å²) >= 11 is 0. The van der Waals surface area contributed by atoms with Gasteiger partial charge in [-0.1, -0.05) is 13.8 Å². The van der Waals surface area contributed by atoms with Crippen molar-refractivity contribution in [2.45, 2.75) is 37.1 Å². The van der Waals surface area contributed by atoms with Gasteiger partial charge in [0.05, 0.1) is 30.8 Å². The molecule has 1 aliphatic rings. The van der Waals surface area contributed by atoms with E-state index in [1.54, 1.807) is 0 Å². The molecule has 0 radical (unpaired) electrons. The lowest BCUT2D eigenvalue weighted by Crippen LogP contribution is -2.49. The lowest BCUT2D eigenvalue weighted by Gasteiger charge is -2.27. The zero-order valence-corrected chi connectivity index (χ0v) is 17.0. The zero-order chi connectivity index (χ0) is 20.1. The first-order valence-electron chi connectivity index (χ1n) is 9.10. The molecule has 1 saturated heterocycles. The largest absolute Gasteiger partial charge is 0.496 e. The summed E-state index contributed by atoms with van der Waals surface area (Å²) < 4.78 is 37.5. The van der Waals surface area contributed by atoms with Gasteiger partial charge >= 0.3 is 0 Å². The number of benzene rings is 1. The summed E-state index contributed by atoms with van der Waals surface area (Å²) in [7, 11) is -2.26. The van der Waals surface area contributed by atoms with Crippen molar-refractivity contribution in [3.63, 3.8) is 0 Å². The highest BCUT2D eigenvalue weighted by molar-refractivity contribution is 7.89. The maximum atomic E-state index is 12.8. The summed E-state index contributed by atoms with van der Waals surface area (Å²) in [6.07, 6.45) is 1.43. The Kier molecular flexibility index (Phi) is 7.21. The van der Waals surface area contributed by atoms with E-state index in [1.165, 1.54) is 29.6 Å². The van der Waals surface area contributed by atoms with Crippen LogP contribution in [-0.4, -0.2) is 64.1 Å². The number of carbonyl (C=O) groups is 1. The van der Waals surface area contributed by atoms with Gasteiger partial charge in [-0.15, -0.1) is 0 Å². The van der Waals surface area contributed by atoms with Crippen LogP contribution >= 0.6 is 0 Å². The quantitative estimate of drug-likeness (QED) is 0.674. The number of ether oxygens (including phenoxy) is 2. The van der Waals surface area contributed by atoms with Gasteiger partial charge in [0.1, 0.15) is 5.75 Å². The third kappa shape index (κ3) is 4.98. The molecule has 0 spiro atoms. The zero-order valence-electron chi connectivity index (χ0n) is 16.2. The number of methoxy groups -OCH3 is 1. The van der Waals surface area contributed by atoms with Crippen LogP contribution in [0.3, 0.4) is 0 Å². The van der Waals surface area contributed by atoms with E-state index in [2.05, 4.69) is 5.32 Å². The number of hydrogen-bond acceptors (Lipinski definition) is 6. The number of rotatable bonds is 8. The smallest absolute Gasteiger partial charge is 0.255 e. The maximum absolute atomic E-state index is 12.8. The number of carbonyl (C=O) groups excluding carboxylic acids is 1. The van der Waals surface area contributed by atoms with Gasteiger partial charge in [-0.25, -0.2) is 8.42 Å². The lowest BCUT2D eigenvalue weighted by molar-refractivity contribution is 0.0730. The number of nitrogens with two attached hydrogens (primary N) is 1. The number of nitrogens with one attached hydrogen (secondary N) is 1. The summed E-state index contributed by atoms with van der Waals surface area (Å²) in [6.45, 7) is 5.52. The third-order valence-corrected chi connectivity index (χ3v) is 6.93. The number of hydrogen-bond donors (Lipinski definition) is 2. The van der Waals surface area contributed by atoms with Gasteiger partial charge < -0.3 is 20.5 Å². The van der Waals surface area contributed by atoms with Crippen molar-refractivity contribution in [1.82, 2.24) is 9.62 Å². The number of nitrogens with zero attached hydrogens (tertiary/aromatic N) is 1. The third-order valence-electron chi connectivity index (χ3n) is 5.03. The molecule has 1 fully saturated rings. The highest BCUT2D eigenvalue weighted by Gasteiger charge is 2.28. The fraction of sp³-hybridized carbons (Fsp3) is 0.611. The molecule has 1 aromatic carbocycles. The number of sulfonamides is 1. The minimum absolute atomic E-state index is 0.0559. The highest BCUT2D eigenvalue weighted by atomic mass is 32.2. The normalized spacial score (nSPS) is 16.1. The van der Waals surface area contributed by atoms with E-state index in [1.807, 2.05) is 13.8 Å². The molecule has 1 aromatic rings. The van der Waals surface area contributed by atoms with Gasteiger partial charge in [0.2, 0.25) is 10.0 Å². The first-order valence-corrected chi connectivity index (χ1v) is 10.5. The second-order valence-corrected chi connectivity index (χ2v) is 8.57. The van der Waals surface area contributed by atoms with E-state index in [9.17, 15) is 13.2 Å². The molecule has 1 aliphatic heterocycles. The molecule has 152 valence electrons. The molecular formula is C18H29N3O5S. The minimum Gasteiger partial charge on any atom is -0.496 e. The van der Waals surface area contributed by atoms with Gasteiger partial charge in [-0.05, 0) is 31.0 Å². The molecule has 3 N–H and O–H groups in total. The van der Waals surface area contributed by atoms with E-state index >= 15 is 0 Å². The molecule has 0 aromatic heterocycles. The average Bonchev–Trinajstić information content (AvgIpc) is 2.71. The topological polar surface area (TPSA) is 111 Å². The summed E-state index contributed by atoms with van der Waals surface area (Å²) in [6, 6.07) is 4.30. The van der Waals surface area contributed by atoms with Gasteiger partial charge in [0.15, 0.2) is 0 Å². The van der Waals surface area contributed by atoms with Crippen LogP contribution in [0, 0.1) is 0 Å². The van der Waals surface area contributed by atoms with E-state index in [0.29, 0.717) is 51.4 Å². The van der Waals surface area contributed by atoms with E-state index in [0.717, 1.165) is 0 Å². The Morgan fingerprint density at radius 3 is 2.48 bits per heavy atom. The molecule has 27 heavy (non-hydrogen) atoms. The lowest BCUT2D eigenvalue weighted by atomic mass is 9.94. The summed E-state index contributed by atoms with van der Waals surface area (Å²) in [4.78, 5) is 12.7. The van der Waals surface area contributed by atoms with Crippen molar-refractivity contribution >= 4 is 15.9 Å². The Hall–Kier alpha value is -1.68. The molecule has 0 atom stereocenters. The van der Waals surface area contributed by atoms with E-state index in [4.69, 9.17) is 15.2 Å². The second-order valence-electron chi connectivity index (χ2n) is 6.63. The fourth-order valence-electron chi connectivity index (χ4n) is 2.81. The van der Waals surface area contributed by atoms with Crippen LogP contribution in [0.2, 0.25) is 0 Å². The molecule has 9 heteroatoms. The van der Waals surface area contributed by atoms with Crippen LogP contribution in [0.25, 0.3) is 0 Å². The van der Waals surface area contributed by atoms with Crippen molar-refractivity contribution in [3.05, 3.63) is 23.8 Å². The van der Waals surface area contributed by atoms with Crippen molar-refractivity contribution < 1.29 is 22.7 Å². The molecule has 0 bridgehead atoms. The van der Waals surface area contributed by atoms with Crippen LogP contribution in [0.15, 0.2) is 23.1 Å². The molecule has 1 amide bonds. The maximum Gasteiger partial charge on any atom is 0.255 e. The van der Waals surface area contributed by atoms with Crippen LogP contribution in [0.5, 0.6) is 5.75 Å². The summed E-state index contributed by atoms with van der Waals surface area (Å²) in [5, 5.41) is 2.80. The van der Waals surface area contributed by atoms with Crippen LogP contribution in [0.1, 0.15) is 37.0 Å². The SMILES string of the molecule is CCC(N)(CC)CNC(=O)c1cc(S(=O)(=O)N2CCOCC2)ccc1OC. The number of amides is 1. The van der Waals surface area contributed by atoms with Gasteiger partial charge in [-0.3, -0.25) is 4.79 Å². The van der Waals surface area contributed by atoms with E-state index < -0.39 is 21.5 Å². The summed E-state index contributed by atoms with van der Waals surface area (Å²) in [5.74, 6) is -0.105.